The predicted octanol–water partition coefficient (Wildman–Crippen LogP) is 2.03. The largest absolute Gasteiger partial charge is 0.457 e. The Morgan fingerprint density at radius 2 is 2.07 bits per heavy atom. The number of hydrogen-bond donors (Lipinski definition) is 0. The Morgan fingerprint density at radius 1 is 1.47 bits per heavy atom. The highest BCUT2D eigenvalue weighted by atomic mass is 79.9. The molecule has 0 saturated carbocycles. The van der Waals surface area contributed by atoms with Crippen molar-refractivity contribution in [2.45, 2.75) is 6.92 Å². The van der Waals surface area contributed by atoms with Crippen molar-refractivity contribution in [3.05, 3.63) is 39.8 Å². The lowest BCUT2D eigenvalue weighted by Crippen LogP contribution is -2.19. The molecule has 5 heteroatoms. The quantitative estimate of drug-likeness (QED) is 0.365. The Morgan fingerprint density at radius 3 is 2.53 bits per heavy atom. The van der Waals surface area contributed by atoms with Crippen LogP contribution in [-0.4, -0.2) is 23.1 Å². The van der Waals surface area contributed by atoms with Crippen LogP contribution in [0.1, 0.15) is 12.5 Å². The van der Waals surface area contributed by atoms with Gasteiger partial charge in [0.1, 0.15) is 0 Å². The molecule has 1 aromatic carbocycles. The molecule has 78 valence electrons. The van der Waals surface area contributed by atoms with Gasteiger partial charge in [-0.3, -0.25) is 0 Å². The molecule has 0 amide bonds. The van der Waals surface area contributed by atoms with Crippen molar-refractivity contribution >= 4 is 27.6 Å². The highest BCUT2D eigenvalue weighted by Gasteiger charge is 2.23. The van der Waals surface area contributed by atoms with E-state index in [4.69, 9.17) is 10.3 Å². The van der Waals surface area contributed by atoms with E-state index in [9.17, 15) is 4.79 Å². The number of benzene rings is 1. The number of carbonyl (C=O) groups is 1. The van der Waals surface area contributed by atoms with E-state index >= 15 is 0 Å². The molecular formula is C10H9BrN2O2. The third-order valence-electron chi connectivity index (χ3n) is 1.69. The van der Waals surface area contributed by atoms with E-state index in [-0.39, 0.29) is 12.3 Å². The molecule has 0 aliphatic heterocycles. The molecule has 1 aromatic rings. The predicted molar refractivity (Wildman–Crippen MR) is 58.5 cm³/mol. The minimum absolute atomic E-state index is 0.0932. The van der Waals surface area contributed by atoms with Gasteiger partial charge in [-0.05, 0) is 31.2 Å². The fraction of sp³-hybridized carbons (Fsp3) is 0.200. The van der Waals surface area contributed by atoms with Gasteiger partial charge >= 0.3 is 11.7 Å². The molecule has 0 aromatic heterocycles. The summed E-state index contributed by atoms with van der Waals surface area (Å²) in [6.07, 6.45) is 0. The number of hydrogen-bond acceptors (Lipinski definition) is 2. The second-order valence-electron chi connectivity index (χ2n) is 2.68. The smallest absolute Gasteiger partial charge is 0.422 e. The van der Waals surface area contributed by atoms with Crippen LogP contribution in [-0.2, 0) is 9.53 Å². The molecule has 4 nitrogen and oxygen atoms in total. The van der Waals surface area contributed by atoms with Gasteiger partial charge in [0.2, 0.25) is 0 Å². The molecule has 1 rings (SSSR count). The van der Waals surface area contributed by atoms with Crippen molar-refractivity contribution in [2.24, 2.45) is 0 Å². The summed E-state index contributed by atoms with van der Waals surface area (Å²) in [7, 11) is 0. The highest BCUT2D eigenvalue weighted by Crippen LogP contribution is 2.11. The summed E-state index contributed by atoms with van der Waals surface area (Å²) in [5.41, 5.74) is 9.14. The Bertz CT molecular complexity index is 408. The molecular weight excluding hydrogens is 260 g/mol. The molecule has 0 unspecified atom stereocenters. The summed E-state index contributed by atoms with van der Waals surface area (Å²) < 4.78 is 5.62. The highest BCUT2D eigenvalue weighted by molar-refractivity contribution is 9.10. The molecule has 0 atom stereocenters. The van der Waals surface area contributed by atoms with Crippen molar-refractivity contribution in [3.8, 4) is 0 Å². The van der Waals surface area contributed by atoms with Crippen LogP contribution in [0.15, 0.2) is 28.7 Å². The summed E-state index contributed by atoms with van der Waals surface area (Å²) in [5, 5.41) is 0. The Balaban J connectivity index is 2.99. The number of carbonyl (C=O) groups excluding carboxylic acids is 1. The fourth-order valence-electron chi connectivity index (χ4n) is 1.02. The molecule has 0 heterocycles. The third kappa shape index (κ3) is 3.01. The standard InChI is InChI=1S/C10H9BrN2O2/c1-2-15-10(14)9(13-12)7-3-5-8(11)6-4-7/h3-6H,2H2,1H3. The van der Waals surface area contributed by atoms with Crippen molar-refractivity contribution < 1.29 is 14.3 Å². The van der Waals surface area contributed by atoms with Crippen molar-refractivity contribution in [1.29, 1.82) is 0 Å². The van der Waals surface area contributed by atoms with E-state index in [2.05, 4.69) is 20.7 Å². The van der Waals surface area contributed by atoms with Crippen LogP contribution in [0.25, 0.3) is 5.53 Å². The van der Waals surface area contributed by atoms with E-state index in [0.717, 1.165) is 4.47 Å². The lowest BCUT2D eigenvalue weighted by Gasteiger charge is -1.97. The first-order valence-electron chi connectivity index (χ1n) is 4.34. The average molecular weight is 269 g/mol. The Hall–Kier alpha value is -1.45. The lowest BCUT2D eigenvalue weighted by molar-refractivity contribution is -0.139. The van der Waals surface area contributed by atoms with Gasteiger partial charge in [-0.25, -0.2) is 4.79 Å². The monoisotopic (exact) mass is 268 g/mol. The summed E-state index contributed by atoms with van der Waals surface area (Å²) in [6, 6.07) is 6.82. The normalized spacial score (nSPS) is 9.20. The zero-order valence-electron chi connectivity index (χ0n) is 8.11. The summed E-state index contributed by atoms with van der Waals surface area (Å²) in [4.78, 5) is 14.3. The van der Waals surface area contributed by atoms with Crippen molar-refractivity contribution in [1.82, 2.24) is 0 Å². The van der Waals surface area contributed by atoms with E-state index in [1.807, 2.05) is 0 Å². The van der Waals surface area contributed by atoms with Gasteiger partial charge in [0.15, 0.2) is 0 Å². The number of esters is 1. The van der Waals surface area contributed by atoms with Crippen LogP contribution in [0.5, 0.6) is 0 Å². The van der Waals surface area contributed by atoms with Crippen LogP contribution < -0.4 is 0 Å². The Kier molecular flexibility index (Phi) is 4.21. The van der Waals surface area contributed by atoms with Gasteiger partial charge in [-0.2, -0.15) is 4.79 Å². The number of nitrogens with zero attached hydrogens (tertiary/aromatic N) is 2. The minimum Gasteiger partial charge on any atom is -0.457 e. The average Bonchev–Trinajstić information content (AvgIpc) is 2.22. The van der Waals surface area contributed by atoms with E-state index < -0.39 is 5.97 Å². The summed E-state index contributed by atoms with van der Waals surface area (Å²) in [5.74, 6) is -0.637. The van der Waals surface area contributed by atoms with Crippen LogP contribution in [0.2, 0.25) is 0 Å². The van der Waals surface area contributed by atoms with Gasteiger partial charge < -0.3 is 10.3 Å². The molecule has 0 fully saturated rings. The van der Waals surface area contributed by atoms with Crippen molar-refractivity contribution in [2.75, 3.05) is 6.61 Å². The van der Waals surface area contributed by atoms with E-state index in [1.54, 1.807) is 31.2 Å². The molecule has 0 aliphatic rings. The maximum Gasteiger partial charge on any atom is 0.422 e. The van der Waals surface area contributed by atoms with E-state index in [1.165, 1.54) is 0 Å². The molecule has 0 aliphatic carbocycles. The topological polar surface area (TPSA) is 62.7 Å². The van der Waals surface area contributed by atoms with Gasteiger partial charge in [0, 0.05) is 4.47 Å². The molecule has 0 N–H and O–H groups in total. The molecule has 0 saturated heterocycles. The van der Waals surface area contributed by atoms with Crippen LogP contribution in [0.4, 0.5) is 0 Å². The second-order valence-corrected chi connectivity index (χ2v) is 3.59. The third-order valence-corrected chi connectivity index (χ3v) is 2.22. The lowest BCUT2D eigenvalue weighted by atomic mass is 10.1. The van der Waals surface area contributed by atoms with Crippen molar-refractivity contribution in [3.63, 3.8) is 0 Å². The molecule has 15 heavy (non-hydrogen) atoms. The van der Waals surface area contributed by atoms with E-state index in [0.29, 0.717) is 5.56 Å². The minimum atomic E-state index is -0.637. The maximum absolute atomic E-state index is 11.3. The van der Waals surface area contributed by atoms with Crippen LogP contribution >= 0.6 is 15.9 Å². The SMILES string of the molecule is CCOC(=O)C(=[N+]=[N-])c1ccc(Br)cc1. The van der Waals surface area contributed by atoms with Gasteiger partial charge in [-0.1, -0.05) is 15.9 Å². The first-order chi connectivity index (χ1) is 7.19. The molecule has 0 radical (unpaired) electrons. The number of rotatable bonds is 3. The Labute approximate surface area is 95.6 Å². The molecule has 0 bridgehead atoms. The number of ether oxygens (including phenoxy) is 1. The van der Waals surface area contributed by atoms with Crippen LogP contribution in [0.3, 0.4) is 0 Å². The van der Waals surface area contributed by atoms with Gasteiger partial charge in [-0.15, -0.1) is 0 Å². The maximum atomic E-state index is 11.3. The number of halogens is 1. The summed E-state index contributed by atoms with van der Waals surface area (Å²) in [6.45, 7) is 1.93. The first kappa shape index (κ1) is 11.6. The van der Waals surface area contributed by atoms with Gasteiger partial charge in [0.25, 0.3) is 0 Å². The molecule has 0 spiro atoms. The summed E-state index contributed by atoms with van der Waals surface area (Å²) >= 11 is 3.27. The van der Waals surface area contributed by atoms with Crippen LogP contribution in [0, 0.1) is 0 Å². The zero-order chi connectivity index (χ0) is 11.3. The fourth-order valence-corrected chi connectivity index (χ4v) is 1.29. The first-order valence-corrected chi connectivity index (χ1v) is 5.13. The second kappa shape index (κ2) is 5.44. The zero-order valence-corrected chi connectivity index (χ0v) is 9.69. The van der Waals surface area contributed by atoms with Gasteiger partial charge in [0.05, 0.1) is 12.2 Å².